The lowest BCUT2D eigenvalue weighted by molar-refractivity contribution is 0.229. The number of sulfonamides is 1. The lowest BCUT2D eigenvalue weighted by Gasteiger charge is -2.16. The Kier molecular flexibility index (Phi) is 5.50. The predicted molar refractivity (Wildman–Crippen MR) is 116 cm³/mol. The molecule has 0 atom stereocenters. The largest absolute Gasteiger partial charge is 0.456 e. The Labute approximate surface area is 183 Å². The molecule has 0 radical (unpaired) electrons. The van der Waals surface area contributed by atoms with Gasteiger partial charge in [-0.05, 0) is 42.5 Å². The van der Waals surface area contributed by atoms with Gasteiger partial charge in [0.2, 0.25) is 0 Å². The van der Waals surface area contributed by atoms with Gasteiger partial charge in [0.1, 0.15) is 17.6 Å². The van der Waals surface area contributed by atoms with Gasteiger partial charge in [0.25, 0.3) is 10.0 Å². The molecule has 0 aliphatic carbocycles. The molecule has 1 saturated heterocycles. The standard InChI is InChI=1S/C20H17N5O4S2/c1-24-9-10-25(20(24)26)15-2-4-16(5-3-15)29-18-7-6-17(12-14(18)13-21)31(27,28)23-19-22-8-11-30-19/h2-8,11-12H,9-10H2,1H3,(H,22,23). The van der Waals surface area contributed by atoms with E-state index in [0.29, 0.717) is 18.8 Å². The second kappa shape index (κ2) is 8.25. The highest BCUT2D eigenvalue weighted by atomic mass is 32.2. The number of ether oxygens (including phenoxy) is 1. The van der Waals surface area contributed by atoms with Crippen LogP contribution in [-0.2, 0) is 10.0 Å². The number of amides is 2. The molecule has 2 amide bonds. The van der Waals surface area contributed by atoms with Crippen LogP contribution >= 0.6 is 11.3 Å². The Morgan fingerprint density at radius 2 is 1.97 bits per heavy atom. The second-order valence-electron chi connectivity index (χ2n) is 6.66. The molecule has 2 heterocycles. The van der Waals surface area contributed by atoms with Crippen LogP contribution in [0.3, 0.4) is 0 Å². The Morgan fingerprint density at radius 1 is 1.19 bits per heavy atom. The maximum absolute atomic E-state index is 12.5. The molecule has 31 heavy (non-hydrogen) atoms. The van der Waals surface area contributed by atoms with Crippen LogP contribution in [0.1, 0.15) is 5.56 Å². The molecule has 0 spiro atoms. The highest BCUT2D eigenvalue weighted by molar-refractivity contribution is 7.93. The van der Waals surface area contributed by atoms with E-state index in [1.807, 2.05) is 6.07 Å². The number of nitrogens with zero attached hydrogens (tertiary/aromatic N) is 4. The van der Waals surface area contributed by atoms with Crippen molar-refractivity contribution in [3.05, 3.63) is 59.6 Å². The third-order valence-corrected chi connectivity index (χ3v) is 6.78. The molecule has 1 aromatic heterocycles. The van der Waals surface area contributed by atoms with Crippen LogP contribution in [0.25, 0.3) is 0 Å². The van der Waals surface area contributed by atoms with Gasteiger partial charge in [-0.15, -0.1) is 11.3 Å². The van der Waals surface area contributed by atoms with Crippen LogP contribution in [-0.4, -0.2) is 44.5 Å². The third kappa shape index (κ3) is 4.30. The molecule has 2 aromatic carbocycles. The Bertz CT molecular complexity index is 1250. The second-order valence-corrected chi connectivity index (χ2v) is 9.24. The fraction of sp³-hybridized carbons (Fsp3) is 0.150. The van der Waals surface area contributed by atoms with Crippen molar-refractivity contribution >= 4 is 38.2 Å². The molecule has 9 nitrogen and oxygen atoms in total. The molecule has 3 aromatic rings. The van der Waals surface area contributed by atoms with Crippen LogP contribution in [0, 0.1) is 11.3 Å². The number of nitrogens with one attached hydrogen (secondary N) is 1. The lowest BCUT2D eigenvalue weighted by Crippen LogP contribution is -2.28. The average molecular weight is 456 g/mol. The lowest BCUT2D eigenvalue weighted by atomic mass is 10.2. The zero-order chi connectivity index (χ0) is 22.0. The average Bonchev–Trinajstić information content (AvgIpc) is 3.38. The summed E-state index contributed by atoms with van der Waals surface area (Å²) in [6, 6.07) is 12.8. The van der Waals surface area contributed by atoms with Crippen molar-refractivity contribution in [2.75, 3.05) is 29.8 Å². The van der Waals surface area contributed by atoms with Crippen molar-refractivity contribution in [1.82, 2.24) is 9.88 Å². The van der Waals surface area contributed by atoms with Gasteiger partial charge in [-0.3, -0.25) is 9.62 Å². The molecule has 1 N–H and O–H groups in total. The van der Waals surface area contributed by atoms with Gasteiger partial charge in [0, 0.05) is 37.4 Å². The highest BCUT2D eigenvalue weighted by Crippen LogP contribution is 2.30. The zero-order valence-corrected chi connectivity index (χ0v) is 18.0. The normalized spacial score (nSPS) is 13.9. The number of thiazole rings is 1. The van der Waals surface area contributed by atoms with Gasteiger partial charge in [-0.2, -0.15) is 5.26 Å². The predicted octanol–water partition coefficient (Wildman–Crippen LogP) is 3.48. The Hall–Kier alpha value is -3.62. The zero-order valence-electron chi connectivity index (χ0n) is 16.3. The van der Waals surface area contributed by atoms with E-state index in [2.05, 4.69) is 9.71 Å². The SMILES string of the molecule is CN1CCN(c2ccc(Oc3ccc(S(=O)(=O)Nc4nccs4)cc3C#N)cc2)C1=O. The fourth-order valence-electron chi connectivity index (χ4n) is 3.01. The Morgan fingerprint density at radius 3 is 2.58 bits per heavy atom. The summed E-state index contributed by atoms with van der Waals surface area (Å²) in [5, 5.41) is 11.4. The van der Waals surface area contributed by atoms with Crippen LogP contribution in [0.15, 0.2) is 58.9 Å². The molecular weight excluding hydrogens is 438 g/mol. The van der Waals surface area contributed by atoms with Crippen molar-refractivity contribution < 1.29 is 17.9 Å². The first-order valence-corrected chi connectivity index (χ1v) is 11.5. The van der Waals surface area contributed by atoms with Gasteiger partial charge in [0.15, 0.2) is 5.13 Å². The minimum Gasteiger partial charge on any atom is -0.456 e. The van der Waals surface area contributed by atoms with Crippen molar-refractivity contribution in [3.8, 4) is 17.6 Å². The molecule has 4 rings (SSSR count). The number of rotatable bonds is 6. The smallest absolute Gasteiger partial charge is 0.324 e. The van der Waals surface area contributed by atoms with E-state index in [1.54, 1.807) is 46.5 Å². The molecule has 0 bridgehead atoms. The van der Waals surface area contributed by atoms with Crippen molar-refractivity contribution in [2.24, 2.45) is 0 Å². The summed E-state index contributed by atoms with van der Waals surface area (Å²) in [5.41, 5.74) is 0.819. The fourth-order valence-corrected chi connectivity index (χ4v) is 4.82. The molecule has 1 fully saturated rings. The quantitative estimate of drug-likeness (QED) is 0.608. The molecule has 0 unspecified atom stereocenters. The molecule has 0 saturated carbocycles. The van der Waals surface area contributed by atoms with Gasteiger partial charge >= 0.3 is 6.03 Å². The number of carbonyl (C=O) groups excluding carboxylic acids is 1. The summed E-state index contributed by atoms with van der Waals surface area (Å²) in [7, 11) is -2.13. The number of carbonyl (C=O) groups is 1. The summed E-state index contributed by atoms with van der Waals surface area (Å²) in [5.74, 6) is 0.678. The summed E-state index contributed by atoms with van der Waals surface area (Å²) in [4.78, 5) is 19.2. The molecule has 158 valence electrons. The van der Waals surface area contributed by atoms with E-state index in [4.69, 9.17) is 4.74 Å². The first-order valence-electron chi connectivity index (χ1n) is 9.14. The summed E-state index contributed by atoms with van der Waals surface area (Å²) in [6.07, 6.45) is 1.49. The summed E-state index contributed by atoms with van der Waals surface area (Å²) < 4.78 is 33.2. The molecular formula is C20H17N5O4S2. The van der Waals surface area contributed by atoms with Gasteiger partial charge in [0.05, 0.1) is 10.5 Å². The minimum absolute atomic E-state index is 0.0661. The third-order valence-electron chi connectivity index (χ3n) is 4.63. The maximum atomic E-state index is 12.5. The minimum atomic E-state index is -3.88. The van der Waals surface area contributed by atoms with Gasteiger partial charge in [-0.25, -0.2) is 18.2 Å². The highest BCUT2D eigenvalue weighted by Gasteiger charge is 2.26. The number of benzene rings is 2. The van der Waals surface area contributed by atoms with E-state index in [9.17, 15) is 18.5 Å². The maximum Gasteiger partial charge on any atom is 0.324 e. The van der Waals surface area contributed by atoms with Crippen molar-refractivity contribution in [2.45, 2.75) is 4.90 Å². The summed E-state index contributed by atoms with van der Waals surface area (Å²) >= 11 is 1.15. The first kappa shape index (κ1) is 20.6. The van der Waals surface area contributed by atoms with Gasteiger partial charge in [-0.1, -0.05) is 0 Å². The molecule has 1 aliphatic rings. The number of anilines is 2. The van der Waals surface area contributed by atoms with Crippen molar-refractivity contribution in [1.29, 1.82) is 5.26 Å². The number of likely N-dealkylation sites (N-methyl/N-ethyl adjacent to an activating group) is 1. The number of aromatic nitrogens is 1. The van der Waals surface area contributed by atoms with Gasteiger partial charge < -0.3 is 9.64 Å². The van der Waals surface area contributed by atoms with E-state index < -0.39 is 10.0 Å². The van der Waals surface area contributed by atoms with E-state index in [1.165, 1.54) is 24.4 Å². The number of hydrogen-bond acceptors (Lipinski definition) is 7. The number of nitriles is 1. The van der Waals surface area contributed by atoms with Crippen LogP contribution in [0.4, 0.5) is 15.6 Å². The van der Waals surface area contributed by atoms with Crippen molar-refractivity contribution in [3.63, 3.8) is 0 Å². The molecule has 11 heteroatoms. The monoisotopic (exact) mass is 455 g/mol. The topological polar surface area (TPSA) is 116 Å². The first-order chi connectivity index (χ1) is 14.9. The van der Waals surface area contributed by atoms with E-state index in [0.717, 1.165) is 17.0 Å². The van der Waals surface area contributed by atoms with Crippen LogP contribution in [0.5, 0.6) is 11.5 Å². The number of urea groups is 1. The number of hydrogen-bond donors (Lipinski definition) is 1. The van der Waals surface area contributed by atoms with Crippen LogP contribution in [0.2, 0.25) is 0 Å². The van der Waals surface area contributed by atoms with Crippen LogP contribution < -0.4 is 14.4 Å². The van der Waals surface area contributed by atoms with E-state index >= 15 is 0 Å². The molecule has 1 aliphatic heterocycles. The van der Waals surface area contributed by atoms with E-state index in [-0.39, 0.29) is 27.4 Å². The summed E-state index contributed by atoms with van der Waals surface area (Å²) in [6.45, 7) is 1.27. The Balaban J connectivity index is 1.52.